The minimum absolute atomic E-state index is 0.115. The van der Waals surface area contributed by atoms with E-state index in [1.54, 1.807) is 0 Å². The number of unbranched alkanes of at least 4 members (excludes halogenated alkanes) is 5. The fraction of sp³-hybridized carbons (Fsp3) is 0.500. The number of ether oxygens (including phenoxy) is 1. The summed E-state index contributed by atoms with van der Waals surface area (Å²) in [7, 11) is 1.23. The lowest BCUT2D eigenvalue weighted by atomic mass is 9.95. The van der Waals surface area contributed by atoms with E-state index in [4.69, 9.17) is 9.84 Å². The summed E-state index contributed by atoms with van der Waals surface area (Å²) >= 11 is 1.18. The molecule has 1 unspecified atom stereocenters. The number of carboxylic acid groups (broad SMARTS) is 1. The van der Waals surface area contributed by atoms with E-state index in [2.05, 4.69) is 12.1 Å². The minimum Gasteiger partial charge on any atom is -0.481 e. The number of halogens is 3. The predicted octanol–water partition coefficient (Wildman–Crippen LogP) is 7.64. The second-order valence-corrected chi connectivity index (χ2v) is 10.1. The van der Waals surface area contributed by atoms with Gasteiger partial charge in [-0.2, -0.15) is 24.9 Å². The van der Waals surface area contributed by atoms with E-state index < -0.39 is 28.9 Å². The molecule has 0 aliphatic heterocycles. The van der Waals surface area contributed by atoms with Gasteiger partial charge in [-0.3, -0.25) is 9.59 Å². The molecule has 0 saturated carbocycles. The van der Waals surface area contributed by atoms with Crippen molar-refractivity contribution in [3.63, 3.8) is 0 Å². The molecule has 2 aromatic carbocycles. The molecule has 1 N–H and O–H groups in total. The van der Waals surface area contributed by atoms with E-state index in [0.717, 1.165) is 62.6 Å². The number of esters is 1. The average molecular weight is 525 g/mol. The largest absolute Gasteiger partial charge is 0.481 e. The maximum absolute atomic E-state index is 13.4. The van der Waals surface area contributed by atoms with Crippen molar-refractivity contribution in [3.8, 4) is 0 Å². The third-order valence-electron chi connectivity index (χ3n) is 6.04. The van der Waals surface area contributed by atoms with E-state index in [9.17, 15) is 22.8 Å². The molecule has 0 heterocycles. The zero-order valence-corrected chi connectivity index (χ0v) is 21.5. The number of carboxylic acids is 1. The van der Waals surface area contributed by atoms with Crippen molar-refractivity contribution in [1.29, 1.82) is 0 Å². The van der Waals surface area contributed by atoms with Crippen LogP contribution in [0.4, 0.5) is 13.2 Å². The van der Waals surface area contributed by atoms with Crippen LogP contribution in [-0.4, -0.2) is 29.9 Å². The molecule has 0 bridgehead atoms. The Hall–Kier alpha value is -2.48. The van der Waals surface area contributed by atoms with E-state index in [1.165, 1.54) is 30.5 Å². The quantitative estimate of drug-likeness (QED) is 0.181. The Bertz CT molecular complexity index is 948. The first-order valence-electron chi connectivity index (χ1n) is 12.3. The van der Waals surface area contributed by atoms with Gasteiger partial charge in [0.05, 0.1) is 25.5 Å². The number of aryl methyl sites for hydroxylation is 2. The summed E-state index contributed by atoms with van der Waals surface area (Å²) in [6, 6.07) is 14.1. The standard InChI is InChI=1S/C28H35F3O4S/c1-35-27(34)20-25(36-18-17-26(32)33)24-19-23(28(29,30)31)16-15-22(24)14-10-5-3-2-4-7-11-21-12-8-6-9-13-21/h6,8-9,12-13,15-16,19,25H,2-5,7,10-11,14,17-18,20H2,1H3,(H,32,33). The van der Waals surface area contributed by atoms with Gasteiger partial charge in [-0.15, -0.1) is 0 Å². The second kappa shape index (κ2) is 15.6. The number of hydrogen-bond donors (Lipinski definition) is 1. The van der Waals surface area contributed by atoms with E-state index in [-0.39, 0.29) is 18.6 Å². The molecule has 0 aliphatic carbocycles. The molecule has 0 aromatic heterocycles. The maximum atomic E-state index is 13.4. The smallest absolute Gasteiger partial charge is 0.416 e. The van der Waals surface area contributed by atoms with Crippen LogP contribution in [0.15, 0.2) is 48.5 Å². The highest BCUT2D eigenvalue weighted by Crippen LogP contribution is 2.39. The number of hydrogen-bond acceptors (Lipinski definition) is 4. The molecule has 0 fully saturated rings. The first-order chi connectivity index (χ1) is 17.2. The lowest BCUT2D eigenvalue weighted by molar-refractivity contribution is -0.140. The molecule has 4 nitrogen and oxygen atoms in total. The molecule has 2 aromatic rings. The van der Waals surface area contributed by atoms with Crippen LogP contribution in [0.2, 0.25) is 0 Å². The molecule has 0 amide bonds. The summed E-state index contributed by atoms with van der Waals surface area (Å²) in [6.45, 7) is 0. The molecule has 0 spiro atoms. The van der Waals surface area contributed by atoms with Gasteiger partial charge in [0.25, 0.3) is 0 Å². The molecular weight excluding hydrogens is 489 g/mol. The third kappa shape index (κ3) is 11.1. The molecule has 2 rings (SSSR count). The number of carbonyl (C=O) groups excluding carboxylic acids is 1. The highest BCUT2D eigenvalue weighted by Gasteiger charge is 2.32. The summed E-state index contributed by atoms with van der Waals surface area (Å²) in [5.41, 5.74) is 1.78. The zero-order chi connectivity index (χ0) is 26.4. The number of alkyl halides is 3. The van der Waals surface area contributed by atoms with Crippen LogP contribution in [0.5, 0.6) is 0 Å². The second-order valence-electron chi connectivity index (χ2n) is 8.80. The topological polar surface area (TPSA) is 63.6 Å². The molecular formula is C28H35F3O4S. The van der Waals surface area contributed by atoms with Gasteiger partial charge in [0, 0.05) is 11.0 Å². The monoisotopic (exact) mass is 524 g/mol. The molecule has 36 heavy (non-hydrogen) atoms. The summed E-state index contributed by atoms with van der Waals surface area (Å²) in [4.78, 5) is 22.9. The summed E-state index contributed by atoms with van der Waals surface area (Å²) in [5.74, 6) is -1.34. The van der Waals surface area contributed by atoms with Crippen LogP contribution in [-0.2, 0) is 33.3 Å². The van der Waals surface area contributed by atoms with Crippen LogP contribution < -0.4 is 0 Å². The lowest BCUT2D eigenvalue weighted by Crippen LogP contribution is -2.12. The number of carbonyl (C=O) groups is 2. The molecule has 0 aliphatic rings. The Balaban J connectivity index is 1.97. The van der Waals surface area contributed by atoms with Crippen LogP contribution >= 0.6 is 11.8 Å². The number of rotatable bonds is 16. The fourth-order valence-corrected chi connectivity index (χ4v) is 5.31. The number of aliphatic carboxylic acids is 1. The van der Waals surface area contributed by atoms with Crippen molar-refractivity contribution in [3.05, 3.63) is 70.8 Å². The van der Waals surface area contributed by atoms with Crippen LogP contribution in [0.1, 0.15) is 78.9 Å². The Kier molecular flexibility index (Phi) is 12.9. The Labute approximate surface area is 215 Å². The molecule has 1 atom stereocenters. The highest BCUT2D eigenvalue weighted by molar-refractivity contribution is 7.99. The molecule has 8 heteroatoms. The molecule has 0 saturated heterocycles. The SMILES string of the molecule is COC(=O)CC(SCCC(=O)O)c1cc(C(F)(F)F)ccc1CCCCCCCCc1ccccc1. The number of methoxy groups -OCH3 is 1. The fourth-order valence-electron chi connectivity index (χ4n) is 4.08. The van der Waals surface area contributed by atoms with Crippen molar-refractivity contribution in [1.82, 2.24) is 0 Å². The van der Waals surface area contributed by atoms with Gasteiger partial charge in [-0.05, 0) is 54.5 Å². The molecule has 0 radical (unpaired) electrons. The normalized spacial score (nSPS) is 12.3. The van der Waals surface area contributed by atoms with Gasteiger partial charge < -0.3 is 9.84 Å². The summed E-state index contributed by atoms with van der Waals surface area (Å²) in [5, 5.41) is 8.35. The third-order valence-corrected chi connectivity index (χ3v) is 7.30. The Morgan fingerprint density at radius 3 is 2.19 bits per heavy atom. The summed E-state index contributed by atoms with van der Waals surface area (Å²) in [6.07, 6.45) is 3.17. The van der Waals surface area contributed by atoms with Crippen molar-refractivity contribution >= 4 is 23.7 Å². The number of thioether (sulfide) groups is 1. The predicted molar refractivity (Wildman–Crippen MR) is 137 cm³/mol. The van der Waals surface area contributed by atoms with E-state index in [1.807, 2.05) is 18.2 Å². The zero-order valence-electron chi connectivity index (χ0n) is 20.7. The van der Waals surface area contributed by atoms with Crippen LogP contribution in [0.3, 0.4) is 0 Å². The first kappa shape index (κ1) is 29.7. The minimum atomic E-state index is -4.51. The van der Waals surface area contributed by atoms with Gasteiger partial charge in [0.15, 0.2) is 0 Å². The van der Waals surface area contributed by atoms with Gasteiger partial charge in [0.2, 0.25) is 0 Å². The van der Waals surface area contributed by atoms with Crippen LogP contribution in [0, 0.1) is 0 Å². The van der Waals surface area contributed by atoms with Crippen molar-refractivity contribution in [2.24, 2.45) is 0 Å². The van der Waals surface area contributed by atoms with Crippen molar-refractivity contribution in [2.75, 3.05) is 12.9 Å². The number of benzene rings is 2. The lowest BCUT2D eigenvalue weighted by Gasteiger charge is -2.21. The molecule has 198 valence electrons. The Morgan fingerprint density at radius 2 is 1.58 bits per heavy atom. The van der Waals surface area contributed by atoms with Crippen LogP contribution in [0.25, 0.3) is 0 Å². The van der Waals surface area contributed by atoms with E-state index in [0.29, 0.717) is 12.0 Å². The van der Waals surface area contributed by atoms with Gasteiger partial charge in [-0.25, -0.2) is 0 Å². The van der Waals surface area contributed by atoms with Crippen molar-refractivity contribution in [2.45, 2.75) is 75.6 Å². The highest BCUT2D eigenvalue weighted by atomic mass is 32.2. The van der Waals surface area contributed by atoms with E-state index >= 15 is 0 Å². The van der Waals surface area contributed by atoms with Crippen molar-refractivity contribution < 1.29 is 32.6 Å². The summed E-state index contributed by atoms with van der Waals surface area (Å²) < 4.78 is 45.1. The van der Waals surface area contributed by atoms with Gasteiger partial charge in [0.1, 0.15) is 0 Å². The average Bonchev–Trinajstić information content (AvgIpc) is 2.84. The van der Waals surface area contributed by atoms with Gasteiger partial charge >= 0.3 is 18.1 Å². The van der Waals surface area contributed by atoms with Gasteiger partial charge in [-0.1, -0.05) is 62.1 Å². The Morgan fingerprint density at radius 1 is 0.944 bits per heavy atom. The maximum Gasteiger partial charge on any atom is 0.416 e. The first-order valence-corrected chi connectivity index (χ1v) is 13.4.